The maximum absolute atomic E-state index is 10.4. The average Bonchev–Trinajstić information content (AvgIpc) is 3.13. The van der Waals surface area contributed by atoms with Crippen LogP contribution in [0, 0.1) is 0 Å². The van der Waals surface area contributed by atoms with Crippen molar-refractivity contribution in [2.24, 2.45) is 0 Å². The van der Waals surface area contributed by atoms with Crippen molar-refractivity contribution < 1.29 is 19.7 Å². The van der Waals surface area contributed by atoms with Crippen molar-refractivity contribution in [3.63, 3.8) is 0 Å². The number of hydrogen-bond acceptors (Lipinski definition) is 5. The minimum absolute atomic E-state index is 0.0894. The van der Waals surface area contributed by atoms with E-state index >= 15 is 0 Å². The Morgan fingerprint density at radius 2 is 1.81 bits per heavy atom. The van der Waals surface area contributed by atoms with E-state index in [1.165, 1.54) is 24.0 Å². The number of fused-ring (bicyclic) bond motifs is 7. The van der Waals surface area contributed by atoms with Crippen molar-refractivity contribution in [2.45, 2.75) is 31.8 Å². The maximum atomic E-state index is 10.4. The first-order valence-corrected chi connectivity index (χ1v) is 9.40. The van der Waals surface area contributed by atoms with Crippen LogP contribution >= 0.6 is 0 Å². The summed E-state index contributed by atoms with van der Waals surface area (Å²) < 4.78 is 10.9. The number of phenolic OH excluding ortho intramolecular Hbond substituents is 2. The van der Waals surface area contributed by atoms with Gasteiger partial charge in [-0.25, -0.2) is 0 Å². The number of nitrogens with zero attached hydrogens (tertiary/aromatic N) is 1. The van der Waals surface area contributed by atoms with Gasteiger partial charge in [-0.3, -0.25) is 4.90 Å². The van der Waals surface area contributed by atoms with Gasteiger partial charge in [-0.1, -0.05) is 6.07 Å². The van der Waals surface area contributed by atoms with Crippen LogP contribution in [0.15, 0.2) is 24.3 Å². The molecule has 3 aromatic rings. The van der Waals surface area contributed by atoms with E-state index < -0.39 is 0 Å². The Hall–Kier alpha value is -2.66. The highest BCUT2D eigenvalue weighted by molar-refractivity contribution is 6.15. The molecule has 27 heavy (non-hydrogen) atoms. The van der Waals surface area contributed by atoms with Crippen LogP contribution in [0.4, 0.5) is 0 Å². The topological polar surface area (TPSA) is 62.2 Å². The van der Waals surface area contributed by atoms with Crippen molar-refractivity contribution in [1.82, 2.24) is 4.90 Å². The van der Waals surface area contributed by atoms with Crippen molar-refractivity contribution in [1.29, 1.82) is 0 Å². The van der Waals surface area contributed by atoms with E-state index in [2.05, 4.69) is 4.90 Å². The highest BCUT2D eigenvalue weighted by atomic mass is 16.5. The summed E-state index contributed by atoms with van der Waals surface area (Å²) in [7, 11) is 3.14. The molecule has 1 saturated heterocycles. The first-order valence-electron chi connectivity index (χ1n) is 9.40. The smallest absolute Gasteiger partial charge is 0.168 e. The van der Waals surface area contributed by atoms with Gasteiger partial charge in [0.25, 0.3) is 0 Å². The Morgan fingerprint density at radius 1 is 0.963 bits per heavy atom. The second kappa shape index (κ2) is 5.92. The van der Waals surface area contributed by atoms with Gasteiger partial charge in [0, 0.05) is 18.0 Å². The van der Waals surface area contributed by atoms with Crippen LogP contribution in [0.1, 0.15) is 24.0 Å². The fourth-order valence-electron chi connectivity index (χ4n) is 5.00. The number of ether oxygens (including phenoxy) is 2. The van der Waals surface area contributed by atoms with Gasteiger partial charge in [-0.2, -0.15) is 0 Å². The summed E-state index contributed by atoms with van der Waals surface area (Å²) in [4.78, 5) is 2.56. The minimum Gasteiger partial charge on any atom is -0.504 e. The molecule has 0 bridgehead atoms. The molecule has 1 fully saturated rings. The molecule has 0 aromatic heterocycles. The van der Waals surface area contributed by atoms with E-state index in [9.17, 15) is 10.2 Å². The summed E-state index contributed by atoms with van der Waals surface area (Å²) in [5.74, 6) is 1.12. The quantitative estimate of drug-likeness (QED) is 0.674. The standard InChI is InChI=1S/C22H23NO4/c1-26-20-10-15-16(9-19(20)25)21-13(5-6-18(24)22(21)27-2)14-8-12-4-3-7-23(12)11-17(14)15/h5-6,9-10,12,24-25H,3-4,7-8,11H2,1-2H3. The van der Waals surface area contributed by atoms with Gasteiger partial charge in [0.15, 0.2) is 23.0 Å². The highest BCUT2D eigenvalue weighted by Crippen LogP contribution is 2.47. The molecular weight excluding hydrogens is 342 g/mol. The molecule has 5 nitrogen and oxygen atoms in total. The predicted molar refractivity (Wildman–Crippen MR) is 105 cm³/mol. The number of methoxy groups -OCH3 is 2. The third-order valence-corrected chi connectivity index (χ3v) is 6.24. The zero-order chi connectivity index (χ0) is 18.7. The zero-order valence-electron chi connectivity index (χ0n) is 15.6. The van der Waals surface area contributed by atoms with E-state index in [0.29, 0.717) is 17.5 Å². The van der Waals surface area contributed by atoms with Gasteiger partial charge in [-0.05, 0) is 71.3 Å². The molecule has 0 radical (unpaired) electrons. The first kappa shape index (κ1) is 16.5. The SMILES string of the molecule is COc1cc2c3c(c4ccc(O)c(OC)c4c2cc1O)CC1CCCN1C3. The summed E-state index contributed by atoms with van der Waals surface area (Å²) in [5.41, 5.74) is 2.62. The normalized spacial score (nSPS) is 19.3. The van der Waals surface area contributed by atoms with Gasteiger partial charge in [0.1, 0.15) is 0 Å². The third-order valence-electron chi connectivity index (χ3n) is 6.24. The second-order valence-electron chi connectivity index (χ2n) is 7.54. The predicted octanol–water partition coefficient (Wildman–Crippen LogP) is 3.94. The number of benzene rings is 3. The molecule has 2 heterocycles. The molecule has 0 aliphatic carbocycles. The Labute approximate surface area is 157 Å². The lowest BCUT2D eigenvalue weighted by molar-refractivity contribution is 0.229. The summed E-state index contributed by atoms with van der Waals surface area (Å²) >= 11 is 0. The van der Waals surface area contributed by atoms with E-state index in [-0.39, 0.29) is 11.5 Å². The summed E-state index contributed by atoms with van der Waals surface area (Å²) in [6, 6.07) is 7.92. The Bertz CT molecular complexity index is 1060. The molecule has 0 saturated carbocycles. The monoisotopic (exact) mass is 365 g/mol. The summed E-state index contributed by atoms with van der Waals surface area (Å²) in [6.07, 6.45) is 3.47. The Kier molecular flexibility index (Phi) is 3.62. The van der Waals surface area contributed by atoms with E-state index in [4.69, 9.17) is 9.47 Å². The van der Waals surface area contributed by atoms with Gasteiger partial charge < -0.3 is 19.7 Å². The van der Waals surface area contributed by atoms with Crippen LogP contribution in [0.5, 0.6) is 23.0 Å². The van der Waals surface area contributed by atoms with Crippen LogP contribution in [-0.2, 0) is 13.0 Å². The van der Waals surface area contributed by atoms with E-state index in [0.717, 1.165) is 41.1 Å². The third kappa shape index (κ3) is 2.28. The minimum atomic E-state index is 0.0894. The molecule has 0 spiro atoms. The lowest BCUT2D eigenvalue weighted by Crippen LogP contribution is -2.35. The molecule has 2 aliphatic rings. The molecule has 1 unspecified atom stereocenters. The molecule has 5 rings (SSSR count). The van der Waals surface area contributed by atoms with Gasteiger partial charge in [-0.15, -0.1) is 0 Å². The van der Waals surface area contributed by atoms with E-state index in [1.54, 1.807) is 26.4 Å². The van der Waals surface area contributed by atoms with Crippen LogP contribution in [0.3, 0.4) is 0 Å². The number of hydrogen-bond donors (Lipinski definition) is 2. The van der Waals surface area contributed by atoms with Gasteiger partial charge in [0.05, 0.1) is 14.2 Å². The van der Waals surface area contributed by atoms with Gasteiger partial charge >= 0.3 is 0 Å². The number of aromatic hydroxyl groups is 2. The molecular formula is C22H23NO4. The molecule has 0 amide bonds. The fourth-order valence-corrected chi connectivity index (χ4v) is 5.00. The number of phenols is 2. The molecule has 140 valence electrons. The van der Waals surface area contributed by atoms with Crippen LogP contribution in [0.2, 0.25) is 0 Å². The lowest BCUT2D eigenvalue weighted by Gasteiger charge is -2.33. The van der Waals surface area contributed by atoms with Gasteiger partial charge in [0.2, 0.25) is 0 Å². The van der Waals surface area contributed by atoms with Crippen molar-refractivity contribution in [2.75, 3.05) is 20.8 Å². The second-order valence-corrected chi connectivity index (χ2v) is 7.54. The van der Waals surface area contributed by atoms with Crippen LogP contribution < -0.4 is 9.47 Å². The van der Waals surface area contributed by atoms with E-state index in [1.807, 2.05) is 12.1 Å². The Balaban J connectivity index is 1.94. The van der Waals surface area contributed by atoms with Crippen molar-refractivity contribution in [3.05, 3.63) is 35.4 Å². The van der Waals surface area contributed by atoms with Crippen LogP contribution in [0.25, 0.3) is 21.5 Å². The Morgan fingerprint density at radius 3 is 2.59 bits per heavy atom. The van der Waals surface area contributed by atoms with Crippen LogP contribution in [-0.4, -0.2) is 41.9 Å². The number of rotatable bonds is 2. The first-order chi connectivity index (χ1) is 13.1. The fraction of sp³-hybridized carbons (Fsp3) is 0.364. The molecule has 1 atom stereocenters. The highest BCUT2D eigenvalue weighted by Gasteiger charge is 2.33. The summed E-state index contributed by atoms with van der Waals surface area (Å²) in [6.45, 7) is 2.04. The molecule has 5 heteroatoms. The molecule has 2 aliphatic heterocycles. The maximum Gasteiger partial charge on any atom is 0.168 e. The van der Waals surface area contributed by atoms with Crippen molar-refractivity contribution in [3.8, 4) is 23.0 Å². The largest absolute Gasteiger partial charge is 0.504 e. The lowest BCUT2D eigenvalue weighted by atomic mass is 9.85. The van der Waals surface area contributed by atoms with Crippen molar-refractivity contribution >= 4 is 21.5 Å². The molecule has 3 aromatic carbocycles. The molecule has 2 N–H and O–H groups in total. The zero-order valence-corrected chi connectivity index (χ0v) is 15.6. The average molecular weight is 365 g/mol. The summed E-state index contributed by atoms with van der Waals surface area (Å²) in [5, 5.41) is 24.7.